The Hall–Kier alpha value is -1.97. The molecule has 1 fully saturated rings. The van der Waals surface area contributed by atoms with Crippen LogP contribution in [-0.2, 0) is 20.8 Å². The van der Waals surface area contributed by atoms with Crippen molar-refractivity contribution in [3.8, 4) is 5.75 Å². The van der Waals surface area contributed by atoms with Crippen LogP contribution in [0, 0.1) is 10.8 Å². The van der Waals surface area contributed by atoms with E-state index in [4.69, 9.17) is 4.74 Å². The molecule has 0 heterocycles. The molecule has 0 bridgehead atoms. The second-order valence-electron chi connectivity index (χ2n) is 7.89. The van der Waals surface area contributed by atoms with Gasteiger partial charge in [-0.15, -0.1) is 0 Å². The molecule has 1 aromatic carbocycles. The first-order chi connectivity index (χ1) is 11.7. The summed E-state index contributed by atoms with van der Waals surface area (Å²) < 4.78 is 5.20. The van der Waals surface area contributed by atoms with E-state index < -0.39 is 10.8 Å². The minimum Gasteiger partial charge on any atom is -0.497 e. The average molecular weight is 344 g/mol. The lowest BCUT2D eigenvalue weighted by Crippen LogP contribution is -2.33. The predicted octanol–water partition coefficient (Wildman–Crippen LogP) is 3.94. The molecule has 4 nitrogen and oxygen atoms in total. The number of hydrogen-bond donors (Lipinski definition) is 0. The van der Waals surface area contributed by atoms with Crippen LogP contribution >= 0.6 is 0 Å². The first-order valence-corrected chi connectivity index (χ1v) is 8.92. The number of rotatable bonds is 8. The number of benzene rings is 1. The Balaban J connectivity index is 1.81. The van der Waals surface area contributed by atoms with Crippen molar-refractivity contribution in [1.82, 2.24) is 0 Å². The second kappa shape index (κ2) is 7.51. The highest BCUT2D eigenvalue weighted by Crippen LogP contribution is 2.45. The summed E-state index contributed by atoms with van der Waals surface area (Å²) in [4.78, 5) is 36.9. The van der Waals surface area contributed by atoms with Crippen molar-refractivity contribution in [2.24, 2.45) is 10.8 Å². The van der Waals surface area contributed by atoms with Gasteiger partial charge in [-0.05, 0) is 43.9 Å². The van der Waals surface area contributed by atoms with Crippen LogP contribution in [0.5, 0.6) is 5.75 Å². The summed E-state index contributed by atoms with van der Waals surface area (Å²) in [5.74, 6) is 0.896. The highest BCUT2D eigenvalue weighted by molar-refractivity contribution is 6.15. The molecule has 1 aliphatic rings. The summed E-state index contributed by atoms with van der Waals surface area (Å²) in [7, 11) is 1.64. The van der Waals surface area contributed by atoms with Gasteiger partial charge >= 0.3 is 0 Å². The third-order valence-electron chi connectivity index (χ3n) is 5.29. The first-order valence-electron chi connectivity index (χ1n) is 8.92. The monoisotopic (exact) mass is 344 g/mol. The Kier molecular flexibility index (Phi) is 5.81. The van der Waals surface area contributed by atoms with Gasteiger partial charge in [-0.3, -0.25) is 14.4 Å². The number of carbonyl (C=O) groups excluding carboxylic acids is 3. The van der Waals surface area contributed by atoms with E-state index in [1.165, 1.54) is 0 Å². The van der Waals surface area contributed by atoms with Crippen LogP contribution in [0.1, 0.15) is 58.4 Å². The lowest BCUT2D eigenvalue weighted by atomic mass is 9.77. The van der Waals surface area contributed by atoms with E-state index in [1.54, 1.807) is 14.0 Å². The highest BCUT2D eigenvalue weighted by atomic mass is 16.5. The van der Waals surface area contributed by atoms with Crippen molar-refractivity contribution in [2.45, 2.75) is 59.3 Å². The van der Waals surface area contributed by atoms with Gasteiger partial charge in [-0.25, -0.2) is 0 Å². The fourth-order valence-electron chi connectivity index (χ4n) is 3.64. The molecular weight excluding hydrogens is 316 g/mol. The number of ketones is 3. The standard InChI is InChI=1S/C21H28O4/c1-20(2)14-18(23)21(3,19(20)24)12-11-16(22)9-5-7-15-8-6-10-17(13-15)25-4/h6,8,10,13H,5,7,9,11-12,14H2,1-4H3. The topological polar surface area (TPSA) is 60.4 Å². The molecule has 1 aliphatic carbocycles. The molecule has 1 unspecified atom stereocenters. The fraction of sp³-hybridized carbons (Fsp3) is 0.571. The van der Waals surface area contributed by atoms with E-state index >= 15 is 0 Å². The van der Waals surface area contributed by atoms with Crippen LogP contribution < -0.4 is 4.74 Å². The minimum atomic E-state index is -0.980. The zero-order valence-corrected chi connectivity index (χ0v) is 15.7. The maximum atomic E-state index is 12.5. The van der Waals surface area contributed by atoms with Gasteiger partial charge in [0.25, 0.3) is 0 Å². The van der Waals surface area contributed by atoms with E-state index in [-0.39, 0.29) is 23.8 Å². The molecule has 0 radical (unpaired) electrons. The minimum absolute atomic E-state index is 0.0193. The van der Waals surface area contributed by atoms with Crippen molar-refractivity contribution in [3.05, 3.63) is 29.8 Å². The molecule has 2 rings (SSSR count). The summed E-state index contributed by atoms with van der Waals surface area (Å²) in [6.45, 7) is 5.33. The Morgan fingerprint density at radius 3 is 2.48 bits per heavy atom. The van der Waals surface area contributed by atoms with E-state index in [0.29, 0.717) is 19.3 Å². The molecular formula is C21H28O4. The van der Waals surface area contributed by atoms with Crippen LogP contribution in [0.15, 0.2) is 24.3 Å². The van der Waals surface area contributed by atoms with Gasteiger partial charge in [0.2, 0.25) is 0 Å². The van der Waals surface area contributed by atoms with Crippen molar-refractivity contribution in [3.63, 3.8) is 0 Å². The summed E-state index contributed by atoms with van der Waals surface area (Å²) in [6, 6.07) is 7.83. The molecule has 0 amide bonds. The number of methoxy groups -OCH3 is 1. The van der Waals surface area contributed by atoms with Crippen molar-refractivity contribution in [2.75, 3.05) is 7.11 Å². The zero-order chi connectivity index (χ0) is 18.7. The lowest BCUT2D eigenvalue weighted by molar-refractivity contribution is -0.137. The molecule has 0 spiro atoms. The van der Waals surface area contributed by atoms with E-state index in [0.717, 1.165) is 24.2 Å². The summed E-state index contributed by atoms with van der Waals surface area (Å²) in [5.41, 5.74) is -0.435. The molecule has 0 N–H and O–H groups in total. The molecule has 1 aromatic rings. The summed E-state index contributed by atoms with van der Waals surface area (Å²) in [5, 5.41) is 0. The maximum Gasteiger partial charge on any atom is 0.152 e. The largest absolute Gasteiger partial charge is 0.497 e. The van der Waals surface area contributed by atoms with Gasteiger partial charge in [-0.1, -0.05) is 26.0 Å². The molecule has 0 saturated heterocycles. The molecule has 1 atom stereocenters. The van der Waals surface area contributed by atoms with Crippen molar-refractivity contribution >= 4 is 17.3 Å². The smallest absolute Gasteiger partial charge is 0.152 e. The SMILES string of the molecule is COc1cccc(CCCC(=O)CCC2(C)C(=O)CC(C)(C)C2=O)c1. The number of carbonyl (C=O) groups is 3. The van der Waals surface area contributed by atoms with Gasteiger partial charge in [0.1, 0.15) is 17.3 Å². The predicted molar refractivity (Wildman–Crippen MR) is 96.7 cm³/mol. The molecule has 25 heavy (non-hydrogen) atoms. The van der Waals surface area contributed by atoms with Crippen LogP contribution in [0.2, 0.25) is 0 Å². The zero-order valence-electron chi connectivity index (χ0n) is 15.7. The van der Waals surface area contributed by atoms with E-state index in [9.17, 15) is 14.4 Å². The van der Waals surface area contributed by atoms with Crippen LogP contribution in [0.3, 0.4) is 0 Å². The van der Waals surface area contributed by atoms with Crippen molar-refractivity contribution < 1.29 is 19.1 Å². The van der Waals surface area contributed by atoms with E-state index in [1.807, 2.05) is 38.1 Å². The van der Waals surface area contributed by atoms with Gasteiger partial charge < -0.3 is 4.74 Å². The summed E-state index contributed by atoms with van der Waals surface area (Å²) in [6.07, 6.45) is 2.96. The molecule has 4 heteroatoms. The van der Waals surface area contributed by atoms with Crippen LogP contribution in [0.4, 0.5) is 0 Å². The Bertz CT molecular complexity index is 674. The Morgan fingerprint density at radius 2 is 1.88 bits per heavy atom. The van der Waals surface area contributed by atoms with Gasteiger partial charge in [-0.2, -0.15) is 0 Å². The maximum absolute atomic E-state index is 12.5. The normalized spacial score (nSPS) is 22.2. The van der Waals surface area contributed by atoms with Crippen molar-refractivity contribution in [1.29, 1.82) is 0 Å². The first kappa shape index (κ1) is 19.4. The molecule has 0 aromatic heterocycles. The Morgan fingerprint density at radius 1 is 1.16 bits per heavy atom. The second-order valence-corrected chi connectivity index (χ2v) is 7.89. The molecule has 1 saturated carbocycles. The quantitative estimate of drug-likeness (QED) is 0.670. The molecule has 136 valence electrons. The van der Waals surface area contributed by atoms with Gasteiger partial charge in [0, 0.05) is 24.7 Å². The van der Waals surface area contributed by atoms with Crippen LogP contribution in [-0.4, -0.2) is 24.5 Å². The number of Topliss-reactive ketones (excluding diaryl/α,β-unsaturated/α-hetero) is 3. The van der Waals surface area contributed by atoms with Crippen LogP contribution in [0.25, 0.3) is 0 Å². The average Bonchev–Trinajstić information content (AvgIpc) is 2.73. The number of aryl methyl sites for hydroxylation is 1. The summed E-state index contributed by atoms with van der Waals surface area (Å²) >= 11 is 0. The highest BCUT2D eigenvalue weighted by Gasteiger charge is 2.54. The fourth-order valence-corrected chi connectivity index (χ4v) is 3.64. The lowest BCUT2D eigenvalue weighted by Gasteiger charge is -2.23. The number of hydrogen-bond acceptors (Lipinski definition) is 4. The van der Waals surface area contributed by atoms with Gasteiger partial charge in [0.05, 0.1) is 12.5 Å². The van der Waals surface area contributed by atoms with Gasteiger partial charge in [0.15, 0.2) is 5.78 Å². The third kappa shape index (κ3) is 4.36. The molecule has 0 aliphatic heterocycles. The number of ether oxygens (including phenoxy) is 1. The Labute approximate surface area is 149 Å². The third-order valence-corrected chi connectivity index (χ3v) is 5.29. The van der Waals surface area contributed by atoms with E-state index in [2.05, 4.69) is 0 Å².